The lowest BCUT2D eigenvalue weighted by Crippen LogP contribution is -2.49. The summed E-state index contributed by atoms with van der Waals surface area (Å²) in [5.41, 5.74) is 3.12. The van der Waals surface area contributed by atoms with Crippen LogP contribution in [0.15, 0.2) is 84.9 Å². The van der Waals surface area contributed by atoms with E-state index in [0.717, 1.165) is 28.9 Å². The molecule has 0 aliphatic carbocycles. The lowest BCUT2D eigenvalue weighted by atomic mass is 9.88. The molecule has 0 aliphatic rings. The topological polar surface area (TPSA) is 58.6 Å². The van der Waals surface area contributed by atoms with Crippen LogP contribution in [0.1, 0.15) is 55.7 Å². The molecule has 2 amide bonds. The van der Waals surface area contributed by atoms with Crippen molar-refractivity contribution in [3.05, 3.63) is 102 Å². The van der Waals surface area contributed by atoms with Crippen LogP contribution in [0.25, 0.3) is 0 Å². The van der Waals surface area contributed by atoms with E-state index in [0.29, 0.717) is 19.5 Å². The molecule has 0 unspecified atom stereocenters. The molecule has 3 aromatic carbocycles. The maximum Gasteiger partial charge on any atom is 0.242 e. The van der Waals surface area contributed by atoms with Crippen LogP contribution in [0.2, 0.25) is 0 Å². The van der Waals surface area contributed by atoms with Gasteiger partial charge >= 0.3 is 0 Å². The van der Waals surface area contributed by atoms with Crippen LogP contribution >= 0.6 is 0 Å². The number of nitrogens with one attached hydrogen (secondary N) is 1. The molecule has 1 N–H and O–H groups in total. The summed E-state index contributed by atoms with van der Waals surface area (Å²) in [6.45, 7) is 4.93. The largest absolute Gasteiger partial charge is 0.497 e. The van der Waals surface area contributed by atoms with Crippen molar-refractivity contribution >= 4 is 11.8 Å². The molecule has 0 heterocycles. The van der Waals surface area contributed by atoms with Gasteiger partial charge in [0.05, 0.1) is 7.11 Å². The first-order chi connectivity index (χ1) is 17.1. The SMILES string of the molecule is CCCNC(=O)[C@@H](CC)N(Cc1ccc(OC)cc1)C(=O)CC(c1ccccc1)c1ccccc1. The summed E-state index contributed by atoms with van der Waals surface area (Å²) in [5.74, 6) is 0.510. The number of methoxy groups -OCH3 is 1. The smallest absolute Gasteiger partial charge is 0.242 e. The molecule has 0 saturated carbocycles. The standard InChI is InChI=1S/C30H36N2O3/c1-4-20-31-30(34)28(5-2)32(22-23-16-18-26(35-3)19-17-23)29(33)21-27(24-12-8-6-9-13-24)25-14-10-7-11-15-25/h6-19,27-28H,4-5,20-22H2,1-3H3,(H,31,34)/t28-/m1/s1. The number of benzene rings is 3. The second-order valence-corrected chi connectivity index (χ2v) is 8.66. The monoisotopic (exact) mass is 472 g/mol. The van der Waals surface area contributed by atoms with Crippen molar-refractivity contribution in [1.29, 1.82) is 0 Å². The quantitative estimate of drug-likeness (QED) is 0.376. The van der Waals surface area contributed by atoms with E-state index in [-0.39, 0.29) is 24.2 Å². The molecule has 0 spiro atoms. The molecule has 1 atom stereocenters. The van der Waals surface area contributed by atoms with Crippen LogP contribution in [0.3, 0.4) is 0 Å². The number of amides is 2. The summed E-state index contributed by atoms with van der Waals surface area (Å²) in [6, 6.07) is 27.3. The fraction of sp³-hybridized carbons (Fsp3) is 0.333. The predicted octanol–water partition coefficient (Wildman–Crippen LogP) is 5.55. The normalized spacial score (nSPS) is 11.7. The first-order valence-corrected chi connectivity index (χ1v) is 12.4. The van der Waals surface area contributed by atoms with Gasteiger partial charge in [-0.1, -0.05) is 86.6 Å². The van der Waals surface area contributed by atoms with Crippen molar-refractivity contribution in [3.63, 3.8) is 0 Å². The summed E-state index contributed by atoms with van der Waals surface area (Å²) < 4.78 is 5.28. The second-order valence-electron chi connectivity index (χ2n) is 8.66. The fourth-order valence-corrected chi connectivity index (χ4v) is 4.30. The van der Waals surface area contributed by atoms with E-state index in [1.165, 1.54) is 0 Å². The highest BCUT2D eigenvalue weighted by molar-refractivity contribution is 5.88. The van der Waals surface area contributed by atoms with E-state index >= 15 is 0 Å². The summed E-state index contributed by atoms with van der Waals surface area (Å²) >= 11 is 0. The molecule has 0 fully saturated rings. The van der Waals surface area contributed by atoms with Crippen molar-refractivity contribution in [1.82, 2.24) is 10.2 Å². The van der Waals surface area contributed by atoms with Gasteiger partial charge in [0.25, 0.3) is 0 Å². The molecule has 0 radical (unpaired) electrons. The number of rotatable bonds is 12. The molecule has 0 aliphatic heterocycles. The number of hydrogen-bond donors (Lipinski definition) is 1. The summed E-state index contributed by atoms with van der Waals surface area (Å²) in [5, 5.41) is 2.99. The van der Waals surface area contributed by atoms with E-state index in [1.54, 1.807) is 12.0 Å². The minimum absolute atomic E-state index is 0.0444. The average molecular weight is 473 g/mol. The molecule has 5 nitrogen and oxygen atoms in total. The zero-order chi connectivity index (χ0) is 25.0. The third-order valence-electron chi connectivity index (χ3n) is 6.23. The second kappa shape index (κ2) is 13.3. The van der Waals surface area contributed by atoms with Crippen LogP contribution < -0.4 is 10.1 Å². The van der Waals surface area contributed by atoms with Gasteiger partial charge in [-0.2, -0.15) is 0 Å². The molecule has 184 valence electrons. The van der Waals surface area contributed by atoms with Crippen molar-refractivity contribution in [2.75, 3.05) is 13.7 Å². The predicted molar refractivity (Wildman–Crippen MR) is 140 cm³/mol. The fourth-order valence-electron chi connectivity index (χ4n) is 4.30. The number of nitrogens with zero attached hydrogens (tertiary/aromatic N) is 1. The van der Waals surface area contributed by atoms with E-state index in [4.69, 9.17) is 4.74 Å². The summed E-state index contributed by atoms with van der Waals surface area (Å²) in [4.78, 5) is 28.7. The average Bonchev–Trinajstić information content (AvgIpc) is 2.91. The third kappa shape index (κ3) is 7.19. The van der Waals surface area contributed by atoms with Crippen LogP contribution in [-0.4, -0.2) is 36.4 Å². The highest BCUT2D eigenvalue weighted by Gasteiger charge is 2.30. The van der Waals surface area contributed by atoms with E-state index < -0.39 is 6.04 Å². The first-order valence-electron chi connectivity index (χ1n) is 12.4. The Balaban J connectivity index is 1.93. The Morgan fingerprint density at radius 2 is 1.43 bits per heavy atom. The van der Waals surface area contributed by atoms with Crippen molar-refractivity contribution in [2.45, 2.75) is 51.6 Å². The maximum absolute atomic E-state index is 13.9. The highest BCUT2D eigenvalue weighted by Crippen LogP contribution is 2.29. The van der Waals surface area contributed by atoms with Gasteiger partial charge in [-0.15, -0.1) is 0 Å². The Hall–Kier alpha value is -3.60. The molecule has 3 aromatic rings. The minimum Gasteiger partial charge on any atom is -0.497 e. The summed E-state index contributed by atoms with van der Waals surface area (Å²) in [7, 11) is 1.63. The zero-order valence-corrected chi connectivity index (χ0v) is 20.9. The molecule has 3 rings (SSSR count). The highest BCUT2D eigenvalue weighted by atomic mass is 16.5. The molecular weight excluding hydrogens is 436 g/mol. The van der Waals surface area contributed by atoms with Gasteiger partial charge in [0.2, 0.25) is 11.8 Å². The van der Waals surface area contributed by atoms with Gasteiger partial charge < -0.3 is 15.0 Å². The maximum atomic E-state index is 13.9. The van der Waals surface area contributed by atoms with Crippen LogP contribution in [-0.2, 0) is 16.1 Å². The Bertz CT molecular complexity index is 1010. The Labute approximate surface area is 209 Å². The molecule has 0 aromatic heterocycles. The third-order valence-corrected chi connectivity index (χ3v) is 6.23. The van der Waals surface area contributed by atoms with Gasteiger partial charge in [-0.3, -0.25) is 9.59 Å². The van der Waals surface area contributed by atoms with Crippen molar-refractivity contribution < 1.29 is 14.3 Å². The summed E-state index contributed by atoms with van der Waals surface area (Å²) in [6.07, 6.45) is 1.67. The van der Waals surface area contributed by atoms with Gasteiger partial charge in [-0.05, 0) is 41.7 Å². The van der Waals surface area contributed by atoms with E-state index in [9.17, 15) is 9.59 Å². The van der Waals surface area contributed by atoms with Crippen molar-refractivity contribution in [2.24, 2.45) is 0 Å². The number of carbonyl (C=O) groups is 2. The lowest BCUT2D eigenvalue weighted by Gasteiger charge is -2.32. The Morgan fingerprint density at radius 3 is 1.91 bits per heavy atom. The first kappa shape index (κ1) is 26.0. The Kier molecular flexibility index (Phi) is 9.91. The molecular formula is C30H36N2O3. The van der Waals surface area contributed by atoms with E-state index in [2.05, 4.69) is 29.6 Å². The van der Waals surface area contributed by atoms with Gasteiger partial charge in [0, 0.05) is 25.4 Å². The Morgan fingerprint density at radius 1 is 0.857 bits per heavy atom. The van der Waals surface area contributed by atoms with Gasteiger partial charge in [0.1, 0.15) is 11.8 Å². The number of ether oxygens (including phenoxy) is 1. The molecule has 35 heavy (non-hydrogen) atoms. The number of hydrogen-bond acceptors (Lipinski definition) is 3. The molecule has 0 saturated heterocycles. The van der Waals surface area contributed by atoms with Crippen LogP contribution in [0, 0.1) is 0 Å². The van der Waals surface area contributed by atoms with Crippen LogP contribution in [0.4, 0.5) is 0 Å². The molecule has 5 heteroatoms. The lowest BCUT2D eigenvalue weighted by molar-refractivity contribution is -0.141. The van der Waals surface area contributed by atoms with E-state index in [1.807, 2.05) is 74.5 Å². The molecule has 0 bridgehead atoms. The van der Waals surface area contributed by atoms with Gasteiger partial charge in [-0.25, -0.2) is 0 Å². The van der Waals surface area contributed by atoms with Gasteiger partial charge in [0.15, 0.2) is 0 Å². The zero-order valence-electron chi connectivity index (χ0n) is 20.9. The van der Waals surface area contributed by atoms with Crippen molar-refractivity contribution in [3.8, 4) is 5.75 Å². The minimum atomic E-state index is -0.539. The van der Waals surface area contributed by atoms with Crippen LogP contribution in [0.5, 0.6) is 5.75 Å². The number of carbonyl (C=O) groups excluding carboxylic acids is 2.